The fraction of sp³-hybridized carbons (Fsp3) is 0.333. The lowest BCUT2D eigenvalue weighted by atomic mass is 9.95. The fourth-order valence-electron chi connectivity index (χ4n) is 3.72. The van der Waals surface area contributed by atoms with Crippen molar-refractivity contribution in [3.8, 4) is 0 Å². The molecule has 0 atom stereocenters. The zero-order chi connectivity index (χ0) is 20.2. The molecule has 4 rings (SSSR count). The zero-order valence-electron chi connectivity index (χ0n) is 16.0. The summed E-state index contributed by atoms with van der Waals surface area (Å²) in [7, 11) is 0. The van der Waals surface area contributed by atoms with Crippen molar-refractivity contribution in [2.45, 2.75) is 44.7 Å². The Bertz CT molecular complexity index is 1090. The van der Waals surface area contributed by atoms with Crippen LogP contribution in [0.4, 0.5) is 5.69 Å². The van der Waals surface area contributed by atoms with Crippen molar-refractivity contribution < 1.29 is 9.59 Å². The second-order valence-electron chi connectivity index (χ2n) is 7.35. The van der Waals surface area contributed by atoms with E-state index in [-0.39, 0.29) is 24.1 Å². The molecule has 1 aliphatic carbocycles. The second-order valence-corrected chi connectivity index (χ2v) is 7.35. The largest absolute Gasteiger partial charge is 0.352 e. The lowest BCUT2D eigenvalue weighted by molar-refractivity contribution is -0.122. The first-order valence-electron chi connectivity index (χ1n) is 9.83. The highest BCUT2D eigenvalue weighted by molar-refractivity contribution is 6.04. The van der Waals surface area contributed by atoms with Crippen molar-refractivity contribution in [2.24, 2.45) is 0 Å². The Morgan fingerprint density at radius 3 is 2.83 bits per heavy atom. The molecular weight excluding hydrogens is 370 g/mol. The minimum atomic E-state index is -0.518. The molecule has 2 heterocycles. The van der Waals surface area contributed by atoms with Crippen LogP contribution in [-0.2, 0) is 11.3 Å². The van der Waals surface area contributed by atoms with Gasteiger partial charge in [0.25, 0.3) is 11.5 Å². The highest BCUT2D eigenvalue weighted by atomic mass is 16.2. The molecule has 3 aromatic rings. The standard InChI is InChI=1S/C21H23N5O3/c27-19(24-14-5-2-1-3-6-14)12-26-10-4-7-16(21(26)29)20(28)25-15-8-9-17-18(11-15)23-13-22-17/h4,7-11,13-14H,1-3,5-6,12H2,(H,22,23)(H,24,27)(H,25,28). The molecule has 2 aromatic heterocycles. The number of anilines is 1. The maximum atomic E-state index is 12.7. The van der Waals surface area contributed by atoms with Crippen molar-refractivity contribution in [1.82, 2.24) is 19.9 Å². The van der Waals surface area contributed by atoms with E-state index in [1.807, 2.05) is 0 Å². The number of nitrogens with zero attached hydrogens (tertiary/aromatic N) is 2. The number of carbonyl (C=O) groups is 2. The van der Waals surface area contributed by atoms with Gasteiger partial charge in [-0.3, -0.25) is 14.4 Å². The number of hydrogen-bond donors (Lipinski definition) is 3. The number of nitrogens with one attached hydrogen (secondary N) is 3. The van der Waals surface area contributed by atoms with Crippen molar-refractivity contribution >= 4 is 28.5 Å². The average molecular weight is 393 g/mol. The SMILES string of the molecule is O=C(Cn1cccc(C(=O)Nc2ccc3nc[nH]c3c2)c1=O)NC1CCCCC1. The van der Waals surface area contributed by atoms with Crippen LogP contribution in [0.3, 0.4) is 0 Å². The number of carbonyl (C=O) groups excluding carboxylic acids is 2. The molecule has 1 fully saturated rings. The average Bonchev–Trinajstić information content (AvgIpc) is 3.18. The molecule has 0 aliphatic heterocycles. The van der Waals surface area contributed by atoms with Crippen LogP contribution in [-0.4, -0.2) is 32.4 Å². The molecule has 1 aromatic carbocycles. The summed E-state index contributed by atoms with van der Waals surface area (Å²) >= 11 is 0. The molecule has 150 valence electrons. The molecule has 0 spiro atoms. The van der Waals surface area contributed by atoms with E-state index in [1.165, 1.54) is 23.3 Å². The fourth-order valence-corrected chi connectivity index (χ4v) is 3.72. The maximum Gasteiger partial charge on any atom is 0.263 e. The van der Waals surface area contributed by atoms with Gasteiger partial charge in [-0.15, -0.1) is 0 Å². The summed E-state index contributed by atoms with van der Waals surface area (Å²) in [6.07, 6.45) is 8.49. The third-order valence-corrected chi connectivity index (χ3v) is 5.23. The van der Waals surface area contributed by atoms with Crippen LogP contribution in [0.15, 0.2) is 47.7 Å². The van der Waals surface area contributed by atoms with E-state index >= 15 is 0 Å². The molecule has 1 aliphatic rings. The summed E-state index contributed by atoms with van der Waals surface area (Å²) in [6, 6.07) is 8.49. The Morgan fingerprint density at radius 1 is 1.17 bits per heavy atom. The van der Waals surface area contributed by atoms with Crippen molar-refractivity contribution in [3.63, 3.8) is 0 Å². The summed E-state index contributed by atoms with van der Waals surface area (Å²) in [6.45, 7) is -0.101. The monoisotopic (exact) mass is 393 g/mol. The number of pyridine rings is 1. The van der Waals surface area contributed by atoms with Crippen molar-refractivity contribution in [2.75, 3.05) is 5.32 Å². The summed E-state index contributed by atoms with van der Waals surface area (Å²) < 4.78 is 1.27. The van der Waals surface area contributed by atoms with Crippen LogP contribution in [0, 0.1) is 0 Å². The number of rotatable bonds is 5. The van der Waals surface area contributed by atoms with E-state index in [0.29, 0.717) is 5.69 Å². The number of aromatic nitrogens is 3. The maximum absolute atomic E-state index is 12.7. The van der Waals surface area contributed by atoms with Gasteiger partial charge in [-0.05, 0) is 43.2 Å². The number of H-pyrrole nitrogens is 1. The van der Waals surface area contributed by atoms with Crippen LogP contribution >= 0.6 is 0 Å². The molecule has 0 radical (unpaired) electrons. The van der Waals surface area contributed by atoms with E-state index in [4.69, 9.17) is 0 Å². The molecule has 0 unspecified atom stereocenters. The van der Waals surface area contributed by atoms with Gasteiger partial charge < -0.3 is 20.2 Å². The molecule has 8 nitrogen and oxygen atoms in total. The quantitative estimate of drug-likeness (QED) is 0.618. The summed E-state index contributed by atoms with van der Waals surface area (Å²) in [4.78, 5) is 44.8. The minimum absolute atomic E-state index is 0.0114. The molecule has 2 amide bonds. The summed E-state index contributed by atoms with van der Waals surface area (Å²) in [5.41, 5.74) is 1.62. The molecule has 3 N–H and O–H groups in total. The highest BCUT2D eigenvalue weighted by Crippen LogP contribution is 2.17. The predicted octanol–water partition coefficient (Wildman–Crippen LogP) is 2.43. The Labute approximate surface area is 167 Å². The number of hydrogen-bond acceptors (Lipinski definition) is 4. The molecular formula is C21H23N5O3. The smallest absolute Gasteiger partial charge is 0.263 e. The first-order valence-corrected chi connectivity index (χ1v) is 9.83. The van der Waals surface area contributed by atoms with Gasteiger partial charge in [-0.2, -0.15) is 0 Å². The van der Waals surface area contributed by atoms with Gasteiger partial charge in [-0.1, -0.05) is 19.3 Å². The van der Waals surface area contributed by atoms with Gasteiger partial charge in [0.2, 0.25) is 5.91 Å². The number of fused-ring (bicyclic) bond motifs is 1. The van der Waals surface area contributed by atoms with Gasteiger partial charge >= 0.3 is 0 Å². The Hall–Kier alpha value is -3.42. The van der Waals surface area contributed by atoms with E-state index in [9.17, 15) is 14.4 Å². The first kappa shape index (κ1) is 18.9. The Morgan fingerprint density at radius 2 is 2.00 bits per heavy atom. The lowest BCUT2D eigenvalue weighted by Gasteiger charge is -2.22. The Balaban J connectivity index is 1.45. The number of amides is 2. The van der Waals surface area contributed by atoms with Gasteiger partial charge in [0.1, 0.15) is 12.1 Å². The summed E-state index contributed by atoms with van der Waals surface area (Å²) in [5.74, 6) is -0.725. The predicted molar refractivity (Wildman–Crippen MR) is 110 cm³/mol. The first-order chi connectivity index (χ1) is 14.1. The van der Waals surface area contributed by atoms with Gasteiger partial charge in [-0.25, -0.2) is 4.98 Å². The van der Waals surface area contributed by atoms with E-state index in [0.717, 1.165) is 36.7 Å². The molecule has 0 saturated heterocycles. The van der Waals surface area contributed by atoms with Crippen LogP contribution in [0.2, 0.25) is 0 Å². The zero-order valence-corrected chi connectivity index (χ0v) is 16.0. The van der Waals surface area contributed by atoms with Crippen LogP contribution in [0.5, 0.6) is 0 Å². The van der Waals surface area contributed by atoms with Crippen LogP contribution < -0.4 is 16.2 Å². The molecule has 29 heavy (non-hydrogen) atoms. The van der Waals surface area contributed by atoms with E-state index < -0.39 is 11.5 Å². The molecule has 0 bridgehead atoms. The number of aromatic amines is 1. The lowest BCUT2D eigenvalue weighted by Crippen LogP contribution is -2.40. The highest BCUT2D eigenvalue weighted by Gasteiger charge is 2.18. The normalized spacial score (nSPS) is 14.6. The van der Waals surface area contributed by atoms with Crippen LogP contribution in [0.1, 0.15) is 42.5 Å². The van der Waals surface area contributed by atoms with Gasteiger partial charge in [0.05, 0.1) is 17.4 Å². The minimum Gasteiger partial charge on any atom is -0.352 e. The van der Waals surface area contributed by atoms with Crippen molar-refractivity contribution in [1.29, 1.82) is 0 Å². The third kappa shape index (κ3) is 4.37. The summed E-state index contributed by atoms with van der Waals surface area (Å²) in [5, 5.41) is 5.72. The van der Waals surface area contributed by atoms with E-state index in [1.54, 1.807) is 30.6 Å². The molecule has 8 heteroatoms. The number of imidazole rings is 1. The van der Waals surface area contributed by atoms with E-state index in [2.05, 4.69) is 20.6 Å². The third-order valence-electron chi connectivity index (χ3n) is 5.23. The van der Waals surface area contributed by atoms with Crippen molar-refractivity contribution in [3.05, 3.63) is 58.8 Å². The van der Waals surface area contributed by atoms with Crippen LogP contribution in [0.25, 0.3) is 11.0 Å². The molecule has 1 saturated carbocycles. The second kappa shape index (κ2) is 8.30. The topological polar surface area (TPSA) is 109 Å². The van der Waals surface area contributed by atoms with Gasteiger partial charge in [0.15, 0.2) is 0 Å². The Kier molecular flexibility index (Phi) is 5.41. The number of benzene rings is 1. The van der Waals surface area contributed by atoms with Gasteiger partial charge in [0, 0.05) is 17.9 Å².